The van der Waals surface area contributed by atoms with Gasteiger partial charge < -0.3 is 0 Å². The molecule has 0 radical (unpaired) electrons. The molecule has 2 nitrogen and oxygen atoms in total. The van der Waals surface area contributed by atoms with Gasteiger partial charge in [-0.05, 0) is 5.41 Å². The molecule has 0 saturated carbocycles. The average molecular weight is 182 g/mol. The first-order chi connectivity index (χ1) is 4.31. The lowest BCUT2D eigenvalue weighted by Gasteiger charge is -1.92. The molecular formula is C4H7O2PS2. The fourth-order valence-corrected chi connectivity index (χ4v) is 2.05. The van der Waals surface area contributed by atoms with E-state index >= 15 is 0 Å². The van der Waals surface area contributed by atoms with Crippen LogP contribution in [0.5, 0.6) is 0 Å². The maximum absolute atomic E-state index is 10.4. The first-order valence-corrected chi connectivity index (χ1v) is 5.68. The van der Waals surface area contributed by atoms with E-state index in [1.54, 1.807) is 5.41 Å². The molecule has 52 valence electrons. The Morgan fingerprint density at radius 3 is 2.78 bits per heavy atom. The van der Waals surface area contributed by atoms with Gasteiger partial charge in [0.05, 0.1) is 8.01 Å². The van der Waals surface area contributed by atoms with Crippen molar-refractivity contribution in [1.82, 2.24) is 0 Å². The third-order valence-electron chi connectivity index (χ3n) is 0.384. The predicted octanol–water partition coefficient (Wildman–Crippen LogP) is 2.20. The molecule has 0 aliphatic carbocycles. The van der Waals surface area contributed by atoms with Gasteiger partial charge in [0.1, 0.15) is 0 Å². The zero-order valence-corrected chi connectivity index (χ0v) is 7.33. The fraction of sp³-hybridized carbons (Fsp3) is 0. The largest absolute Gasteiger partial charge is 0.256 e. The smallest absolute Gasteiger partial charge is 0.184 e. The molecule has 0 fully saturated rings. The average Bonchev–Trinajstić information content (AvgIpc) is 1.89. The van der Waals surface area contributed by atoms with Crippen LogP contribution >= 0.6 is 19.4 Å². The van der Waals surface area contributed by atoms with Crippen LogP contribution in [0.15, 0.2) is 24.0 Å². The molecule has 0 bridgehead atoms. The van der Waals surface area contributed by atoms with Crippen LogP contribution in [0.25, 0.3) is 0 Å². The van der Waals surface area contributed by atoms with Gasteiger partial charge in [-0.3, -0.25) is 3.97 Å². The van der Waals surface area contributed by atoms with Crippen molar-refractivity contribution < 1.29 is 8.18 Å². The highest BCUT2D eigenvalue weighted by Gasteiger charge is 1.89. The maximum Gasteiger partial charge on any atom is 0.184 e. The Labute approximate surface area is 63.0 Å². The van der Waals surface area contributed by atoms with Crippen LogP contribution in [-0.2, 0) is 15.1 Å². The van der Waals surface area contributed by atoms with E-state index in [2.05, 4.69) is 13.2 Å². The number of rotatable bonds is 5. The van der Waals surface area contributed by atoms with Crippen molar-refractivity contribution in [2.45, 2.75) is 0 Å². The van der Waals surface area contributed by atoms with E-state index in [0.717, 1.165) is 0 Å². The van der Waals surface area contributed by atoms with Gasteiger partial charge in [-0.15, -0.1) is 0 Å². The molecule has 0 N–H and O–H groups in total. The summed E-state index contributed by atoms with van der Waals surface area (Å²) in [4.78, 5) is 0. The van der Waals surface area contributed by atoms with Gasteiger partial charge in [-0.2, -0.15) is 0 Å². The molecule has 0 rings (SSSR count). The highest BCUT2D eigenvalue weighted by atomic mass is 32.7. The van der Waals surface area contributed by atoms with Crippen molar-refractivity contribution in [2.24, 2.45) is 0 Å². The zero-order valence-electron chi connectivity index (χ0n) is 4.70. The molecule has 0 aliphatic heterocycles. The normalized spacial score (nSPS) is 13.8. The lowest BCUT2D eigenvalue weighted by atomic mass is 11.3. The molecule has 0 aromatic rings. The summed E-state index contributed by atoms with van der Waals surface area (Å²) in [7, 11) is 0.147. The van der Waals surface area contributed by atoms with E-state index in [0.29, 0.717) is 0 Å². The number of hydrogen-bond donors (Lipinski definition) is 0. The van der Waals surface area contributed by atoms with Crippen LogP contribution < -0.4 is 0 Å². The molecule has 9 heavy (non-hydrogen) atoms. The van der Waals surface area contributed by atoms with E-state index in [4.69, 9.17) is 3.97 Å². The summed E-state index contributed by atoms with van der Waals surface area (Å²) in [6.07, 6.45) is 0. The monoisotopic (exact) mass is 182 g/mol. The van der Waals surface area contributed by atoms with Gasteiger partial charge in [0.15, 0.2) is 11.1 Å². The Hall–Kier alpha value is 0.370. The molecule has 5 heteroatoms. The molecule has 2 atom stereocenters. The molecular weight excluding hydrogens is 175 g/mol. The molecule has 0 aliphatic rings. The SMILES string of the molecule is C=CSPOS(=O)C=C. The molecule has 0 amide bonds. The minimum Gasteiger partial charge on any atom is -0.256 e. The molecule has 0 heterocycles. The molecule has 0 aromatic carbocycles. The second-order valence-corrected chi connectivity index (χ2v) is 4.34. The van der Waals surface area contributed by atoms with Crippen molar-refractivity contribution >= 4 is 30.5 Å². The van der Waals surface area contributed by atoms with E-state index in [-0.39, 0.29) is 8.01 Å². The highest BCUT2D eigenvalue weighted by Crippen LogP contribution is 2.31. The van der Waals surface area contributed by atoms with Gasteiger partial charge in [0.25, 0.3) is 0 Å². The Bertz CT molecular complexity index is 126. The topological polar surface area (TPSA) is 26.3 Å². The Kier molecular flexibility index (Phi) is 6.76. The second kappa shape index (κ2) is 6.49. The van der Waals surface area contributed by atoms with Crippen molar-refractivity contribution in [3.63, 3.8) is 0 Å². The van der Waals surface area contributed by atoms with Crippen LogP contribution in [-0.4, -0.2) is 4.21 Å². The molecule has 0 aromatic heterocycles. The second-order valence-electron chi connectivity index (χ2n) is 0.878. The van der Waals surface area contributed by atoms with E-state index < -0.39 is 11.1 Å². The molecule has 0 spiro atoms. The Morgan fingerprint density at radius 2 is 2.33 bits per heavy atom. The van der Waals surface area contributed by atoms with Crippen LogP contribution in [0.3, 0.4) is 0 Å². The molecule has 2 unspecified atom stereocenters. The molecule has 0 saturated heterocycles. The van der Waals surface area contributed by atoms with Crippen LogP contribution in [0.2, 0.25) is 0 Å². The highest BCUT2D eigenvalue weighted by molar-refractivity contribution is 8.50. The van der Waals surface area contributed by atoms with E-state index in [1.807, 2.05) is 0 Å². The number of hydrogen-bond acceptors (Lipinski definition) is 3. The lowest BCUT2D eigenvalue weighted by Crippen LogP contribution is -1.77. The fourth-order valence-electron chi connectivity index (χ4n) is 0.121. The maximum atomic E-state index is 10.4. The summed E-state index contributed by atoms with van der Waals surface area (Å²) in [6.45, 7) is 6.73. The van der Waals surface area contributed by atoms with Gasteiger partial charge >= 0.3 is 0 Å². The van der Waals surface area contributed by atoms with Gasteiger partial charge in [-0.1, -0.05) is 24.5 Å². The van der Waals surface area contributed by atoms with Gasteiger partial charge in [0.2, 0.25) is 0 Å². The third kappa shape index (κ3) is 6.25. The van der Waals surface area contributed by atoms with E-state index in [9.17, 15) is 4.21 Å². The minimum atomic E-state index is -1.32. The van der Waals surface area contributed by atoms with Gasteiger partial charge in [-0.25, -0.2) is 4.21 Å². The Balaban J connectivity index is 3.16. The summed E-state index contributed by atoms with van der Waals surface area (Å²) in [5.41, 5.74) is 0. The van der Waals surface area contributed by atoms with Crippen molar-refractivity contribution in [1.29, 1.82) is 0 Å². The first-order valence-electron chi connectivity index (χ1n) is 2.03. The summed E-state index contributed by atoms with van der Waals surface area (Å²) in [5, 5.41) is 2.88. The Morgan fingerprint density at radius 1 is 1.67 bits per heavy atom. The van der Waals surface area contributed by atoms with E-state index in [1.165, 1.54) is 16.8 Å². The summed E-state index contributed by atoms with van der Waals surface area (Å²) < 4.78 is 15.1. The van der Waals surface area contributed by atoms with Crippen LogP contribution in [0.1, 0.15) is 0 Å². The van der Waals surface area contributed by atoms with Crippen molar-refractivity contribution in [2.75, 3.05) is 0 Å². The summed E-state index contributed by atoms with van der Waals surface area (Å²) in [5.74, 6) is 0. The van der Waals surface area contributed by atoms with Gasteiger partial charge in [0, 0.05) is 5.41 Å². The predicted molar refractivity (Wildman–Crippen MR) is 45.5 cm³/mol. The van der Waals surface area contributed by atoms with Crippen molar-refractivity contribution in [3.05, 3.63) is 24.0 Å². The van der Waals surface area contributed by atoms with Crippen LogP contribution in [0.4, 0.5) is 0 Å². The quantitative estimate of drug-likeness (QED) is 0.481. The zero-order chi connectivity index (χ0) is 7.11. The summed E-state index contributed by atoms with van der Waals surface area (Å²) >= 11 is 0.0596. The van der Waals surface area contributed by atoms with Crippen LogP contribution in [0, 0.1) is 0 Å². The first kappa shape index (κ1) is 9.37. The van der Waals surface area contributed by atoms with Crippen molar-refractivity contribution in [3.8, 4) is 0 Å². The standard InChI is InChI=1S/C4H7O2PS2/c1-3-8-7-6-9(5)4-2/h3-4,7H,1-2H2. The lowest BCUT2D eigenvalue weighted by molar-refractivity contribution is 0.618. The summed E-state index contributed by atoms with van der Waals surface area (Å²) in [6, 6.07) is 0. The minimum absolute atomic E-state index is 0.147. The third-order valence-corrected chi connectivity index (χ3v) is 3.25.